The molecule has 0 saturated carbocycles. The number of thioether (sulfide) groups is 1. The summed E-state index contributed by atoms with van der Waals surface area (Å²) in [7, 11) is 0. The van der Waals surface area contributed by atoms with Crippen LogP contribution in [0.1, 0.15) is 0 Å². The fourth-order valence-corrected chi connectivity index (χ4v) is 1.08. The van der Waals surface area contributed by atoms with Gasteiger partial charge >= 0.3 is 0 Å². The molecular formula is C4H6N2OS. The Labute approximate surface area is 51.7 Å². The molecule has 3 nitrogen and oxygen atoms in total. The average molecular weight is 130 g/mol. The zero-order chi connectivity index (χ0) is 5.82. The van der Waals surface area contributed by atoms with Crippen LogP contribution in [0.2, 0.25) is 0 Å². The Morgan fingerprint density at radius 3 is 3.25 bits per heavy atom. The first-order chi connectivity index (χ1) is 3.93. The number of oxime groups is 1. The highest BCUT2D eigenvalue weighted by atomic mass is 32.2. The lowest BCUT2D eigenvalue weighted by molar-refractivity contribution is 0.315. The fraction of sp³-hybridized carbons (Fsp3) is 0.250. The van der Waals surface area contributed by atoms with Gasteiger partial charge in [0, 0.05) is 6.20 Å². The van der Waals surface area contributed by atoms with E-state index >= 15 is 0 Å². The van der Waals surface area contributed by atoms with Crippen molar-refractivity contribution in [1.82, 2.24) is 4.90 Å². The molecule has 0 spiro atoms. The lowest BCUT2D eigenvalue weighted by Crippen LogP contribution is -2.09. The van der Waals surface area contributed by atoms with Gasteiger partial charge in [-0.15, -0.1) is 11.8 Å². The van der Waals surface area contributed by atoms with Crippen molar-refractivity contribution in [3.05, 3.63) is 11.6 Å². The third-order valence-electron chi connectivity index (χ3n) is 0.772. The summed E-state index contributed by atoms with van der Waals surface area (Å²) < 4.78 is 0. The Bertz CT molecular complexity index is 123. The first-order valence-electron chi connectivity index (χ1n) is 2.15. The van der Waals surface area contributed by atoms with Crippen molar-refractivity contribution in [3.8, 4) is 0 Å². The van der Waals surface area contributed by atoms with Gasteiger partial charge in [0.2, 0.25) is 0 Å². The van der Waals surface area contributed by atoms with Crippen molar-refractivity contribution in [2.24, 2.45) is 5.16 Å². The van der Waals surface area contributed by atoms with Gasteiger partial charge in [-0.1, -0.05) is 5.16 Å². The number of rotatable bonds is 1. The predicted octanol–water partition coefficient (Wildman–Crippen LogP) is 0.881. The molecule has 0 saturated heterocycles. The summed E-state index contributed by atoms with van der Waals surface area (Å²) in [5, 5.41) is 12.8. The number of hydrogen-bond donors (Lipinski definition) is 1. The second-order valence-corrected chi connectivity index (χ2v) is 2.19. The molecule has 1 aliphatic rings. The van der Waals surface area contributed by atoms with Crippen LogP contribution >= 0.6 is 11.8 Å². The molecule has 1 aliphatic heterocycles. The minimum atomic E-state index is 0.851. The molecule has 1 heterocycles. The van der Waals surface area contributed by atoms with Gasteiger partial charge in [0.15, 0.2) is 0 Å². The largest absolute Gasteiger partial charge is 0.410 e. The van der Waals surface area contributed by atoms with Crippen molar-refractivity contribution in [2.75, 3.05) is 5.88 Å². The van der Waals surface area contributed by atoms with Crippen LogP contribution in [-0.2, 0) is 0 Å². The van der Waals surface area contributed by atoms with Crippen LogP contribution in [0.25, 0.3) is 0 Å². The van der Waals surface area contributed by atoms with Gasteiger partial charge in [0.05, 0.1) is 5.88 Å². The van der Waals surface area contributed by atoms with Crippen molar-refractivity contribution in [2.45, 2.75) is 0 Å². The summed E-state index contributed by atoms with van der Waals surface area (Å²) >= 11 is 1.67. The smallest absolute Gasteiger partial charge is 0.135 e. The molecule has 0 unspecified atom stereocenters. The highest BCUT2D eigenvalue weighted by Gasteiger charge is 1.98. The number of nitrogens with zero attached hydrogens (tertiary/aromatic N) is 2. The molecule has 0 aromatic rings. The topological polar surface area (TPSA) is 35.8 Å². The summed E-state index contributed by atoms with van der Waals surface area (Å²) in [6.45, 7) is 0. The molecule has 0 aliphatic carbocycles. The predicted molar refractivity (Wildman–Crippen MR) is 33.7 cm³/mol. The van der Waals surface area contributed by atoms with Gasteiger partial charge in [-0.3, -0.25) is 0 Å². The normalized spacial score (nSPS) is 18.8. The Balaban J connectivity index is 2.36. The molecule has 8 heavy (non-hydrogen) atoms. The molecule has 1 N–H and O–H groups in total. The third-order valence-corrected chi connectivity index (χ3v) is 1.53. The quantitative estimate of drug-likeness (QED) is 0.248. The van der Waals surface area contributed by atoms with Crippen molar-refractivity contribution in [1.29, 1.82) is 0 Å². The Morgan fingerprint density at radius 1 is 1.88 bits per heavy atom. The van der Waals surface area contributed by atoms with Crippen LogP contribution in [0.3, 0.4) is 0 Å². The van der Waals surface area contributed by atoms with Gasteiger partial charge in [-0.2, -0.15) is 0 Å². The molecular weight excluding hydrogens is 124 g/mol. The van der Waals surface area contributed by atoms with Gasteiger partial charge < -0.3 is 10.1 Å². The second kappa shape index (κ2) is 2.61. The number of hydrogen-bond acceptors (Lipinski definition) is 3. The molecule has 0 radical (unpaired) electrons. The summed E-state index contributed by atoms with van der Waals surface area (Å²) in [4.78, 5) is 1.78. The summed E-state index contributed by atoms with van der Waals surface area (Å²) in [5.74, 6) is 0.851. The van der Waals surface area contributed by atoms with Crippen LogP contribution in [0.4, 0.5) is 0 Å². The van der Waals surface area contributed by atoms with Gasteiger partial charge in [-0.25, -0.2) is 0 Å². The monoisotopic (exact) mass is 130 g/mol. The molecule has 0 fully saturated rings. The van der Waals surface area contributed by atoms with E-state index in [1.165, 1.54) is 6.34 Å². The van der Waals surface area contributed by atoms with Gasteiger partial charge in [0.1, 0.15) is 6.34 Å². The third kappa shape index (κ3) is 1.16. The SMILES string of the molecule is ON=CN1C=CSC1. The summed E-state index contributed by atoms with van der Waals surface area (Å²) in [6, 6.07) is 0. The molecule has 0 atom stereocenters. The van der Waals surface area contributed by atoms with Crippen LogP contribution < -0.4 is 0 Å². The molecule has 4 heteroatoms. The summed E-state index contributed by atoms with van der Waals surface area (Å²) in [5.41, 5.74) is 0. The lowest BCUT2D eigenvalue weighted by atomic mass is 10.8. The van der Waals surface area contributed by atoms with Crippen LogP contribution in [0, 0.1) is 0 Å². The minimum absolute atomic E-state index is 0.851. The second-order valence-electron chi connectivity index (χ2n) is 1.33. The van der Waals surface area contributed by atoms with E-state index < -0.39 is 0 Å². The van der Waals surface area contributed by atoms with E-state index in [1.54, 1.807) is 16.7 Å². The maximum Gasteiger partial charge on any atom is 0.135 e. The zero-order valence-electron chi connectivity index (χ0n) is 4.19. The van der Waals surface area contributed by atoms with Crippen molar-refractivity contribution in [3.63, 3.8) is 0 Å². The zero-order valence-corrected chi connectivity index (χ0v) is 5.01. The first-order valence-corrected chi connectivity index (χ1v) is 3.20. The summed E-state index contributed by atoms with van der Waals surface area (Å²) in [6.07, 6.45) is 3.22. The maximum absolute atomic E-state index is 8.01. The molecule has 1 rings (SSSR count). The molecule has 0 aromatic carbocycles. The van der Waals surface area contributed by atoms with Gasteiger partial charge in [-0.05, 0) is 5.41 Å². The highest BCUT2D eigenvalue weighted by molar-refractivity contribution is 8.02. The van der Waals surface area contributed by atoms with Crippen molar-refractivity contribution < 1.29 is 5.21 Å². The standard InChI is InChI=1S/C4H6N2OS/c7-5-3-6-1-2-8-4-6/h1-3,7H,4H2. The molecule has 44 valence electrons. The minimum Gasteiger partial charge on any atom is -0.410 e. The fourth-order valence-electron chi connectivity index (χ4n) is 0.431. The van der Waals surface area contributed by atoms with E-state index in [9.17, 15) is 0 Å². The average Bonchev–Trinajstić information content (AvgIpc) is 2.19. The van der Waals surface area contributed by atoms with E-state index in [0.717, 1.165) is 5.88 Å². The van der Waals surface area contributed by atoms with E-state index in [1.807, 2.05) is 11.6 Å². The van der Waals surface area contributed by atoms with Crippen LogP contribution in [0.15, 0.2) is 16.8 Å². The van der Waals surface area contributed by atoms with E-state index in [2.05, 4.69) is 5.16 Å². The lowest BCUT2D eigenvalue weighted by Gasteiger charge is -2.02. The maximum atomic E-state index is 8.01. The van der Waals surface area contributed by atoms with E-state index in [0.29, 0.717) is 0 Å². The molecule has 0 bridgehead atoms. The molecule has 0 amide bonds. The van der Waals surface area contributed by atoms with Crippen LogP contribution in [-0.4, -0.2) is 22.3 Å². The van der Waals surface area contributed by atoms with Gasteiger partial charge in [0.25, 0.3) is 0 Å². The Kier molecular flexibility index (Phi) is 1.80. The van der Waals surface area contributed by atoms with Crippen molar-refractivity contribution >= 4 is 18.1 Å². The Morgan fingerprint density at radius 2 is 2.75 bits per heavy atom. The van der Waals surface area contributed by atoms with E-state index in [4.69, 9.17) is 5.21 Å². The van der Waals surface area contributed by atoms with E-state index in [-0.39, 0.29) is 0 Å². The first kappa shape index (κ1) is 5.50. The molecule has 0 aromatic heterocycles. The highest BCUT2D eigenvalue weighted by Crippen LogP contribution is 2.12. The van der Waals surface area contributed by atoms with Crippen LogP contribution in [0.5, 0.6) is 0 Å². The Hall–Kier alpha value is -0.640.